The van der Waals surface area contributed by atoms with Crippen LogP contribution in [-0.2, 0) is 6.54 Å². The molecule has 3 heterocycles. The van der Waals surface area contributed by atoms with Crippen molar-refractivity contribution in [2.24, 2.45) is 0 Å². The normalized spacial score (nSPS) is 10.8. The minimum Gasteiger partial charge on any atom is -0.444 e. The quantitative estimate of drug-likeness (QED) is 0.571. The standard InChI is InChI=1S/C18H17N7O/c1-12-3-5-13(6-4-12)18-24-14(10-26-18)9-20-16-15(19)17(22-11-21-16)25-8-2-7-23-25/h2-8,10-11H,9,19H2,1H3,(H,20,21,22). The van der Waals surface area contributed by atoms with Gasteiger partial charge in [0.05, 0.1) is 12.2 Å². The van der Waals surface area contributed by atoms with E-state index in [-0.39, 0.29) is 0 Å². The zero-order chi connectivity index (χ0) is 17.9. The molecule has 0 atom stereocenters. The van der Waals surface area contributed by atoms with Crippen molar-refractivity contribution in [3.8, 4) is 17.3 Å². The molecular formula is C18H17N7O. The molecule has 0 amide bonds. The summed E-state index contributed by atoms with van der Waals surface area (Å²) in [5.74, 6) is 1.62. The fraction of sp³-hybridized carbons (Fsp3) is 0.111. The minimum absolute atomic E-state index is 0.415. The summed E-state index contributed by atoms with van der Waals surface area (Å²) < 4.78 is 7.15. The Morgan fingerprint density at radius 3 is 2.81 bits per heavy atom. The molecule has 8 nitrogen and oxygen atoms in total. The molecule has 8 heteroatoms. The largest absolute Gasteiger partial charge is 0.444 e. The maximum atomic E-state index is 6.16. The summed E-state index contributed by atoms with van der Waals surface area (Å²) in [5.41, 5.74) is 9.45. The fourth-order valence-electron chi connectivity index (χ4n) is 2.49. The Morgan fingerprint density at radius 2 is 2.04 bits per heavy atom. The molecule has 0 aliphatic carbocycles. The number of nitrogens with two attached hydrogens (primary N) is 1. The molecule has 0 saturated carbocycles. The van der Waals surface area contributed by atoms with Gasteiger partial charge in [-0.15, -0.1) is 0 Å². The van der Waals surface area contributed by atoms with Crippen molar-refractivity contribution < 1.29 is 4.42 Å². The van der Waals surface area contributed by atoms with Crippen LogP contribution in [0.15, 0.2) is 59.7 Å². The van der Waals surface area contributed by atoms with Crippen molar-refractivity contribution in [2.45, 2.75) is 13.5 Å². The van der Waals surface area contributed by atoms with E-state index in [1.165, 1.54) is 11.9 Å². The van der Waals surface area contributed by atoms with Crippen molar-refractivity contribution in [1.29, 1.82) is 0 Å². The molecule has 0 saturated heterocycles. The summed E-state index contributed by atoms with van der Waals surface area (Å²) in [6.07, 6.45) is 6.49. The second-order valence-electron chi connectivity index (χ2n) is 5.77. The lowest BCUT2D eigenvalue weighted by atomic mass is 10.1. The van der Waals surface area contributed by atoms with Gasteiger partial charge in [0, 0.05) is 18.0 Å². The number of aryl methyl sites for hydroxylation is 1. The van der Waals surface area contributed by atoms with Gasteiger partial charge in [-0.25, -0.2) is 19.6 Å². The van der Waals surface area contributed by atoms with Crippen LogP contribution >= 0.6 is 0 Å². The number of hydrogen-bond donors (Lipinski definition) is 2. The third kappa shape index (κ3) is 3.12. The third-order valence-electron chi connectivity index (χ3n) is 3.87. The Balaban J connectivity index is 1.50. The second-order valence-corrected chi connectivity index (χ2v) is 5.77. The Kier molecular flexibility index (Phi) is 4.06. The molecule has 0 aliphatic rings. The van der Waals surface area contributed by atoms with Gasteiger partial charge < -0.3 is 15.5 Å². The highest BCUT2D eigenvalue weighted by Gasteiger charge is 2.11. The summed E-state index contributed by atoms with van der Waals surface area (Å²) >= 11 is 0. The van der Waals surface area contributed by atoms with Gasteiger partial charge in [-0.3, -0.25) is 0 Å². The number of nitrogens with zero attached hydrogens (tertiary/aromatic N) is 5. The van der Waals surface area contributed by atoms with Crippen molar-refractivity contribution >= 4 is 11.5 Å². The van der Waals surface area contributed by atoms with Gasteiger partial charge in [0.1, 0.15) is 18.3 Å². The number of aromatic nitrogens is 5. The molecule has 4 rings (SSSR count). The van der Waals surface area contributed by atoms with E-state index >= 15 is 0 Å². The maximum Gasteiger partial charge on any atom is 0.226 e. The molecule has 1 aromatic carbocycles. The van der Waals surface area contributed by atoms with E-state index < -0.39 is 0 Å². The van der Waals surface area contributed by atoms with E-state index in [9.17, 15) is 0 Å². The van der Waals surface area contributed by atoms with Crippen LogP contribution in [0.3, 0.4) is 0 Å². The zero-order valence-corrected chi connectivity index (χ0v) is 14.1. The van der Waals surface area contributed by atoms with E-state index in [0.29, 0.717) is 29.8 Å². The summed E-state index contributed by atoms with van der Waals surface area (Å²) in [7, 11) is 0. The van der Waals surface area contributed by atoms with Gasteiger partial charge in [-0.1, -0.05) is 17.7 Å². The molecule has 0 aliphatic heterocycles. The summed E-state index contributed by atoms with van der Waals surface area (Å²) in [4.78, 5) is 12.9. The highest BCUT2D eigenvalue weighted by Crippen LogP contribution is 2.22. The van der Waals surface area contributed by atoms with Crippen LogP contribution in [0.4, 0.5) is 11.5 Å². The Morgan fingerprint density at radius 1 is 1.19 bits per heavy atom. The topological polar surface area (TPSA) is 108 Å². The van der Waals surface area contributed by atoms with Crippen LogP contribution in [0.1, 0.15) is 11.3 Å². The Labute approximate surface area is 149 Å². The van der Waals surface area contributed by atoms with Crippen LogP contribution in [0.25, 0.3) is 17.3 Å². The average Bonchev–Trinajstić information content (AvgIpc) is 3.34. The zero-order valence-electron chi connectivity index (χ0n) is 14.1. The van der Waals surface area contributed by atoms with Gasteiger partial charge in [-0.05, 0) is 25.1 Å². The maximum absolute atomic E-state index is 6.16. The SMILES string of the molecule is Cc1ccc(-c2nc(CNc3ncnc(-n4cccn4)c3N)co2)cc1. The van der Waals surface area contributed by atoms with Crippen LogP contribution in [0, 0.1) is 6.92 Å². The van der Waals surface area contributed by atoms with E-state index in [2.05, 4.69) is 25.4 Å². The van der Waals surface area contributed by atoms with Crippen LogP contribution in [-0.4, -0.2) is 24.7 Å². The van der Waals surface area contributed by atoms with E-state index in [1.807, 2.05) is 31.2 Å². The number of nitrogens with one attached hydrogen (secondary N) is 1. The van der Waals surface area contributed by atoms with Crippen molar-refractivity contribution in [1.82, 2.24) is 24.7 Å². The highest BCUT2D eigenvalue weighted by molar-refractivity contribution is 5.68. The lowest BCUT2D eigenvalue weighted by molar-refractivity contribution is 0.573. The van der Waals surface area contributed by atoms with Gasteiger partial charge in [0.25, 0.3) is 0 Å². The van der Waals surface area contributed by atoms with Crippen molar-refractivity contribution in [3.63, 3.8) is 0 Å². The smallest absolute Gasteiger partial charge is 0.226 e. The Hall–Kier alpha value is -3.68. The Bertz CT molecular complexity index is 1010. The molecular weight excluding hydrogens is 330 g/mol. The van der Waals surface area contributed by atoms with Gasteiger partial charge in [0.2, 0.25) is 5.89 Å². The predicted molar refractivity (Wildman–Crippen MR) is 97.6 cm³/mol. The molecule has 130 valence electrons. The average molecular weight is 347 g/mol. The van der Waals surface area contributed by atoms with Crippen LogP contribution in [0.2, 0.25) is 0 Å². The second kappa shape index (κ2) is 6.67. The minimum atomic E-state index is 0.415. The summed E-state index contributed by atoms with van der Waals surface area (Å²) in [6, 6.07) is 9.82. The van der Waals surface area contributed by atoms with Crippen molar-refractivity contribution in [3.05, 3.63) is 66.6 Å². The first-order valence-electron chi connectivity index (χ1n) is 8.06. The van der Waals surface area contributed by atoms with Gasteiger partial charge in [-0.2, -0.15) is 5.10 Å². The number of nitrogen functional groups attached to an aromatic ring is 1. The molecule has 0 bridgehead atoms. The number of benzene rings is 1. The third-order valence-corrected chi connectivity index (χ3v) is 3.87. The summed E-state index contributed by atoms with van der Waals surface area (Å²) in [6.45, 7) is 2.47. The first kappa shape index (κ1) is 15.8. The fourth-order valence-corrected chi connectivity index (χ4v) is 2.49. The number of oxazole rings is 1. The monoisotopic (exact) mass is 347 g/mol. The first-order chi connectivity index (χ1) is 12.7. The lowest BCUT2D eigenvalue weighted by Gasteiger charge is -2.09. The first-order valence-corrected chi connectivity index (χ1v) is 8.06. The molecule has 0 fully saturated rings. The number of anilines is 2. The molecule has 0 radical (unpaired) electrons. The van der Waals surface area contributed by atoms with E-state index in [0.717, 1.165) is 11.3 Å². The molecule has 3 N–H and O–H groups in total. The molecule has 0 spiro atoms. The molecule has 0 unspecified atom stereocenters. The molecule has 26 heavy (non-hydrogen) atoms. The lowest BCUT2D eigenvalue weighted by Crippen LogP contribution is -2.10. The van der Waals surface area contributed by atoms with E-state index in [1.54, 1.807) is 29.4 Å². The van der Waals surface area contributed by atoms with Crippen molar-refractivity contribution in [2.75, 3.05) is 11.1 Å². The predicted octanol–water partition coefficient (Wildman–Crippen LogP) is 2.82. The molecule has 4 aromatic rings. The summed E-state index contributed by atoms with van der Waals surface area (Å²) in [5, 5.41) is 7.31. The number of rotatable bonds is 5. The van der Waals surface area contributed by atoms with Gasteiger partial charge in [0.15, 0.2) is 11.6 Å². The molecule has 3 aromatic heterocycles. The van der Waals surface area contributed by atoms with Crippen LogP contribution < -0.4 is 11.1 Å². The van der Waals surface area contributed by atoms with Crippen LogP contribution in [0.5, 0.6) is 0 Å². The van der Waals surface area contributed by atoms with E-state index in [4.69, 9.17) is 10.2 Å². The highest BCUT2D eigenvalue weighted by atomic mass is 16.3. The number of hydrogen-bond acceptors (Lipinski definition) is 7. The van der Waals surface area contributed by atoms with Gasteiger partial charge >= 0.3 is 0 Å².